The Morgan fingerprint density at radius 1 is 1.21 bits per heavy atom. The van der Waals surface area contributed by atoms with Gasteiger partial charge in [-0.1, -0.05) is 13.8 Å². The van der Waals surface area contributed by atoms with Crippen molar-refractivity contribution in [2.75, 3.05) is 6.54 Å². The summed E-state index contributed by atoms with van der Waals surface area (Å²) in [6, 6.07) is 0. The van der Waals surface area contributed by atoms with Gasteiger partial charge in [-0.3, -0.25) is 19.3 Å². The SMILES string of the molecule is CCC(=O)C1CCC(CN2C(=O)CC(C)C2=O)CC1. The van der Waals surface area contributed by atoms with Crippen LogP contribution in [0.3, 0.4) is 0 Å². The number of imide groups is 1. The highest BCUT2D eigenvalue weighted by atomic mass is 16.2. The quantitative estimate of drug-likeness (QED) is 0.732. The standard InChI is InChI=1S/C15H23NO3/c1-3-13(17)12-6-4-11(5-7-12)9-16-14(18)8-10(2)15(16)19/h10-12H,3-9H2,1-2H3. The molecule has 1 saturated carbocycles. The first-order valence-corrected chi connectivity index (χ1v) is 7.39. The number of hydrogen-bond acceptors (Lipinski definition) is 3. The van der Waals surface area contributed by atoms with Crippen LogP contribution < -0.4 is 0 Å². The van der Waals surface area contributed by atoms with E-state index in [1.807, 2.05) is 13.8 Å². The van der Waals surface area contributed by atoms with Crippen LogP contribution in [0.15, 0.2) is 0 Å². The van der Waals surface area contributed by atoms with Crippen LogP contribution in [0.2, 0.25) is 0 Å². The number of carbonyl (C=O) groups excluding carboxylic acids is 3. The first-order chi connectivity index (χ1) is 9.02. The van der Waals surface area contributed by atoms with E-state index in [0.29, 0.717) is 31.1 Å². The third-order valence-electron chi connectivity index (χ3n) is 4.56. The molecule has 1 heterocycles. The number of hydrogen-bond donors (Lipinski definition) is 0. The molecule has 1 unspecified atom stereocenters. The van der Waals surface area contributed by atoms with E-state index in [4.69, 9.17) is 0 Å². The molecule has 1 aliphatic heterocycles. The Hall–Kier alpha value is -1.19. The molecule has 1 atom stereocenters. The largest absolute Gasteiger partial charge is 0.299 e. The van der Waals surface area contributed by atoms with E-state index in [0.717, 1.165) is 25.7 Å². The lowest BCUT2D eigenvalue weighted by Crippen LogP contribution is -2.36. The molecule has 2 fully saturated rings. The fraction of sp³-hybridized carbons (Fsp3) is 0.800. The zero-order valence-electron chi connectivity index (χ0n) is 11.9. The number of carbonyl (C=O) groups is 3. The minimum Gasteiger partial charge on any atom is -0.299 e. The second-order valence-corrected chi connectivity index (χ2v) is 5.99. The monoisotopic (exact) mass is 265 g/mol. The van der Waals surface area contributed by atoms with Gasteiger partial charge in [0.15, 0.2) is 0 Å². The van der Waals surface area contributed by atoms with Crippen molar-refractivity contribution in [3.63, 3.8) is 0 Å². The Morgan fingerprint density at radius 2 is 1.84 bits per heavy atom. The van der Waals surface area contributed by atoms with Crippen LogP contribution in [-0.2, 0) is 14.4 Å². The summed E-state index contributed by atoms with van der Waals surface area (Å²) in [6.07, 6.45) is 4.74. The number of ketones is 1. The van der Waals surface area contributed by atoms with Gasteiger partial charge in [-0.2, -0.15) is 0 Å². The fourth-order valence-corrected chi connectivity index (χ4v) is 3.25. The van der Waals surface area contributed by atoms with Crippen LogP contribution in [-0.4, -0.2) is 29.0 Å². The minimum absolute atomic E-state index is 0.0169. The molecule has 4 nitrogen and oxygen atoms in total. The summed E-state index contributed by atoms with van der Waals surface area (Å²) < 4.78 is 0. The smallest absolute Gasteiger partial charge is 0.232 e. The van der Waals surface area contributed by atoms with Gasteiger partial charge in [-0.05, 0) is 31.6 Å². The van der Waals surface area contributed by atoms with E-state index in [1.165, 1.54) is 4.90 Å². The van der Waals surface area contributed by atoms with Crippen molar-refractivity contribution in [2.24, 2.45) is 17.8 Å². The highest BCUT2D eigenvalue weighted by Gasteiger charge is 2.37. The summed E-state index contributed by atoms with van der Waals surface area (Å²) in [7, 11) is 0. The van der Waals surface area contributed by atoms with Crippen molar-refractivity contribution in [1.82, 2.24) is 4.90 Å². The maximum Gasteiger partial charge on any atom is 0.232 e. The second-order valence-electron chi connectivity index (χ2n) is 5.99. The predicted octanol–water partition coefficient (Wildman–Crippen LogP) is 2.17. The topological polar surface area (TPSA) is 54.5 Å². The van der Waals surface area contributed by atoms with Crippen molar-refractivity contribution in [3.8, 4) is 0 Å². The Kier molecular flexibility index (Phi) is 4.38. The third-order valence-corrected chi connectivity index (χ3v) is 4.56. The van der Waals surface area contributed by atoms with Gasteiger partial charge in [0.25, 0.3) is 0 Å². The molecular formula is C15H23NO3. The normalized spacial score (nSPS) is 31.9. The van der Waals surface area contributed by atoms with Crippen LogP contribution in [0, 0.1) is 17.8 Å². The lowest BCUT2D eigenvalue weighted by atomic mass is 9.79. The first kappa shape index (κ1) is 14.2. The molecule has 19 heavy (non-hydrogen) atoms. The van der Waals surface area contributed by atoms with Gasteiger partial charge in [-0.15, -0.1) is 0 Å². The molecule has 1 saturated heterocycles. The number of rotatable bonds is 4. The molecule has 2 rings (SSSR count). The van der Waals surface area contributed by atoms with E-state index in [-0.39, 0.29) is 23.7 Å². The molecule has 2 aliphatic rings. The fourth-order valence-electron chi connectivity index (χ4n) is 3.25. The average Bonchev–Trinajstić information content (AvgIpc) is 2.65. The van der Waals surface area contributed by atoms with Gasteiger partial charge in [-0.25, -0.2) is 0 Å². The van der Waals surface area contributed by atoms with E-state index >= 15 is 0 Å². The Bertz CT molecular complexity index is 383. The van der Waals surface area contributed by atoms with Gasteiger partial charge in [0, 0.05) is 31.2 Å². The van der Waals surface area contributed by atoms with Gasteiger partial charge in [0.05, 0.1) is 0 Å². The molecule has 0 radical (unpaired) electrons. The van der Waals surface area contributed by atoms with Crippen molar-refractivity contribution in [1.29, 1.82) is 0 Å². The molecule has 0 spiro atoms. The predicted molar refractivity (Wildman–Crippen MR) is 71.2 cm³/mol. The van der Waals surface area contributed by atoms with Crippen molar-refractivity contribution in [2.45, 2.75) is 52.4 Å². The lowest BCUT2D eigenvalue weighted by Gasteiger charge is -2.29. The van der Waals surface area contributed by atoms with Crippen molar-refractivity contribution >= 4 is 17.6 Å². The average molecular weight is 265 g/mol. The second kappa shape index (κ2) is 5.85. The number of amides is 2. The molecular weight excluding hydrogens is 242 g/mol. The minimum atomic E-state index is -0.148. The molecule has 1 aliphatic carbocycles. The molecule has 106 valence electrons. The lowest BCUT2D eigenvalue weighted by molar-refractivity contribution is -0.140. The van der Waals surface area contributed by atoms with Crippen molar-refractivity contribution in [3.05, 3.63) is 0 Å². The van der Waals surface area contributed by atoms with Crippen LogP contribution >= 0.6 is 0 Å². The number of Topliss-reactive ketones (excluding diaryl/α,β-unsaturated/α-hetero) is 1. The third kappa shape index (κ3) is 3.04. The Labute approximate surface area is 114 Å². The molecule has 0 aromatic heterocycles. The van der Waals surface area contributed by atoms with Crippen LogP contribution in [0.25, 0.3) is 0 Å². The summed E-state index contributed by atoms with van der Waals surface area (Å²) in [5.74, 6) is 0.774. The maximum absolute atomic E-state index is 11.9. The number of likely N-dealkylation sites (tertiary alicyclic amines) is 1. The summed E-state index contributed by atoms with van der Waals surface area (Å²) in [6.45, 7) is 4.30. The Balaban J connectivity index is 1.84. The zero-order chi connectivity index (χ0) is 14.0. The van der Waals surface area contributed by atoms with Gasteiger partial charge in [0.2, 0.25) is 11.8 Å². The Morgan fingerprint density at radius 3 is 2.32 bits per heavy atom. The molecule has 0 aromatic rings. The van der Waals surface area contributed by atoms with Gasteiger partial charge in [0.1, 0.15) is 5.78 Å². The molecule has 0 N–H and O–H groups in total. The molecule has 0 bridgehead atoms. The van der Waals surface area contributed by atoms with E-state index in [2.05, 4.69) is 0 Å². The first-order valence-electron chi connectivity index (χ1n) is 7.39. The molecule has 0 aromatic carbocycles. The van der Waals surface area contributed by atoms with E-state index in [1.54, 1.807) is 0 Å². The van der Waals surface area contributed by atoms with Crippen LogP contribution in [0.1, 0.15) is 52.4 Å². The molecule has 4 heteroatoms. The zero-order valence-corrected chi connectivity index (χ0v) is 11.9. The van der Waals surface area contributed by atoms with E-state index < -0.39 is 0 Å². The van der Waals surface area contributed by atoms with Crippen LogP contribution in [0.4, 0.5) is 0 Å². The highest BCUT2D eigenvalue weighted by molar-refractivity contribution is 6.03. The summed E-state index contributed by atoms with van der Waals surface area (Å²) in [4.78, 5) is 36.7. The summed E-state index contributed by atoms with van der Waals surface area (Å²) in [5.41, 5.74) is 0. The van der Waals surface area contributed by atoms with E-state index in [9.17, 15) is 14.4 Å². The van der Waals surface area contributed by atoms with Crippen molar-refractivity contribution < 1.29 is 14.4 Å². The van der Waals surface area contributed by atoms with Gasteiger partial charge < -0.3 is 0 Å². The summed E-state index contributed by atoms with van der Waals surface area (Å²) >= 11 is 0. The van der Waals surface area contributed by atoms with Crippen LogP contribution in [0.5, 0.6) is 0 Å². The molecule has 2 amide bonds. The maximum atomic E-state index is 11.9. The summed E-state index contributed by atoms with van der Waals surface area (Å²) in [5, 5.41) is 0. The number of nitrogens with zero attached hydrogens (tertiary/aromatic N) is 1. The van der Waals surface area contributed by atoms with Gasteiger partial charge >= 0.3 is 0 Å². The highest BCUT2D eigenvalue weighted by Crippen LogP contribution is 2.32.